The van der Waals surface area contributed by atoms with E-state index in [0.717, 1.165) is 19.3 Å². The normalized spacial score (nSPS) is 24.5. The zero-order valence-electron chi connectivity index (χ0n) is 16.0. The Bertz CT molecular complexity index is 488. The first-order valence-electron chi connectivity index (χ1n) is 9.96. The van der Waals surface area contributed by atoms with Gasteiger partial charge >= 0.3 is 0 Å². The molecule has 24 heavy (non-hydrogen) atoms. The summed E-state index contributed by atoms with van der Waals surface area (Å²) in [5.41, 5.74) is 8.04. The number of nitrogens with two attached hydrogens (primary N) is 1. The Morgan fingerprint density at radius 1 is 1.08 bits per heavy atom. The van der Waals surface area contributed by atoms with Crippen LogP contribution in [0.2, 0.25) is 0 Å². The molecule has 3 N–H and O–H groups in total. The fraction of sp³-hybridized carbons (Fsp3) is 0.727. The average molecular weight is 332 g/mol. The molecule has 0 aliphatic heterocycles. The molecule has 2 nitrogen and oxygen atoms in total. The van der Waals surface area contributed by atoms with Crippen molar-refractivity contribution in [1.29, 1.82) is 0 Å². The van der Waals surface area contributed by atoms with Crippen LogP contribution in [0.25, 0.3) is 0 Å². The summed E-state index contributed by atoms with van der Waals surface area (Å²) in [6, 6.07) is 9.16. The molecule has 0 heterocycles. The van der Waals surface area contributed by atoms with Crippen LogP contribution in [0, 0.1) is 0 Å². The van der Waals surface area contributed by atoms with Crippen LogP contribution >= 0.6 is 0 Å². The average Bonchev–Trinajstić information content (AvgIpc) is 2.95. The van der Waals surface area contributed by atoms with Crippen LogP contribution in [0.3, 0.4) is 0 Å². The lowest BCUT2D eigenvalue weighted by Crippen LogP contribution is -2.55. The molecular formula is C22H37NO. The van der Waals surface area contributed by atoms with Crippen LogP contribution < -0.4 is 5.73 Å². The molecule has 2 heteroatoms. The minimum absolute atomic E-state index is 0.450. The van der Waals surface area contributed by atoms with E-state index < -0.39 is 11.1 Å². The molecule has 0 bridgehead atoms. The van der Waals surface area contributed by atoms with Crippen LogP contribution in [-0.2, 0) is 6.42 Å². The fourth-order valence-electron chi connectivity index (χ4n) is 3.98. The van der Waals surface area contributed by atoms with Gasteiger partial charge in [0.1, 0.15) is 0 Å². The highest BCUT2D eigenvalue weighted by molar-refractivity contribution is 5.28. The van der Waals surface area contributed by atoms with Crippen molar-refractivity contribution >= 4 is 0 Å². The summed E-state index contributed by atoms with van der Waals surface area (Å²) in [4.78, 5) is 0. The van der Waals surface area contributed by atoms with Crippen LogP contribution in [0.4, 0.5) is 0 Å². The van der Waals surface area contributed by atoms with E-state index in [-0.39, 0.29) is 0 Å². The number of hydrogen-bond acceptors (Lipinski definition) is 2. The van der Waals surface area contributed by atoms with Gasteiger partial charge in [0.25, 0.3) is 0 Å². The summed E-state index contributed by atoms with van der Waals surface area (Å²) >= 11 is 0. The SMILES string of the molecule is CCCCCCCCc1ccc(C2CCC(N)(C(C)(C)O)C2)cc1. The third-order valence-corrected chi connectivity index (χ3v) is 6.04. The number of unbranched alkanes of at least 4 members (excludes halogenated alkanes) is 5. The molecule has 1 fully saturated rings. The zero-order valence-corrected chi connectivity index (χ0v) is 16.0. The summed E-state index contributed by atoms with van der Waals surface area (Å²) < 4.78 is 0. The standard InChI is InChI=1S/C22H37NO/c1-4-5-6-7-8-9-10-18-11-13-19(14-12-18)20-15-16-22(23,17-20)21(2,3)24/h11-14,20,24H,4-10,15-17,23H2,1-3H3. The first kappa shape index (κ1) is 19.5. The van der Waals surface area contributed by atoms with Gasteiger partial charge < -0.3 is 10.8 Å². The van der Waals surface area contributed by atoms with E-state index in [9.17, 15) is 5.11 Å². The predicted octanol–water partition coefficient (Wildman–Crippen LogP) is 5.33. The summed E-state index contributed by atoms with van der Waals surface area (Å²) in [6.07, 6.45) is 12.2. The summed E-state index contributed by atoms with van der Waals surface area (Å²) in [5.74, 6) is 0.490. The van der Waals surface area contributed by atoms with E-state index in [0.29, 0.717) is 5.92 Å². The Hall–Kier alpha value is -0.860. The molecule has 1 aromatic carbocycles. The molecule has 0 saturated heterocycles. The molecule has 2 atom stereocenters. The number of benzene rings is 1. The Kier molecular flexibility index (Phi) is 6.88. The zero-order chi connectivity index (χ0) is 17.6. The van der Waals surface area contributed by atoms with E-state index in [2.05, 4.69) is 31.2 Å². The van der Waals surface area contributed by atoms with Gasteiger partial charge in [-0.2, -0.15) is 0 Å². The molecular weight excluding hydrogens is 294 g/mol. The second-order valence-corrected chi connectivity index (χ2v) is 8.41. The highest BCUT2D eigenvalue weighted by atomic mass is 16.3. The predicted molar refractivity (Wildman–Crippen MR) is 103 cm³/mol. The highest BCUT2D eigenvalue weighted by Gasteiger charge is 2.46. The minimum Gasteiger partial charge on any atom is -0.389 e. The maximum atomic E-state index is 10.3. The van der Waals surface area contributed by atoms with Crippen LogP contribution in [0.1, 0.15) is 95.6 Å². The van der Waals surface area contributed by atoms with E-state index in [4.69, 9.17) is 5.73 Å². The molecule has 0 aromatic heterocycles. The van der Waals surface area contributed by atoms with Gasteiger partial charge in [-0.15, -0.1) is 0 Å². The monoisotopic (exact) mass is 331 g/mol. The lowest BCUT2D eigenvalue weighted by atomic mass is 9.80. The van der Waals surface area contributed by atoms with Gasteiger partial charge in [-0.1, -0.05) is 63.3 Å². The van der Waals surface area contributed by atoms with Gasteiger partial charge in [-0.25, -0.2) is 0 Å². The first-order chi connectivity index (χ1) is 11.4. The van der Waals surface area contributed by atoms with Crippen molar-refractivity contribution in [3.63, 3.8) is 0 Å². The maximum absolute atomic E-state index is 10.3. The van der Waals surface area contributed by atoms with E-state index >= 15 is 0 Å². The molecule has 1 aromatic rings. The van der Waals surface area contributed by atoms with Gasteiger partial charge in [0.15, 0.2) is 0 Å². The molecule has 0 amide bonds. The Morgan fingerprint density at radius 3 is 2.29 bits per heavy atom. The number of aryl methyl sites for hydroxylation is 1. The maximum Gasteiger partial charge on any atom is 0.0770 e. The molecule has 1 aliphatic carbocycles. The van der Waals surface area contributed by atoms with Crippen molar-refractivity contribution in [2.24, 2.45) is 5.73 Å². The van der Waals surface area contributed by atoms with Crippen molar-refractivity contribution in [2.75, 3.05) is 0 Å². The van der Waals surface area contributed by atoms with E-state index in [1.54, 1.807) is 0 Å². The third kappa shape index (κ3) is 5.07. The first-order valence-corrected chi connectivity index (χ1v) is 9.96. The van der Waals surface area contributed by atoms with Crippen molar-refractivity contribution in [3.05, 3.63) is 35.4 Å². The second-order valence-electron chi connectivity index (χ2n) is 8.41. The van der Waals surface area contributed by atoms with Crippen LogP contribution in [-0.4, -0.2) is 16.2 Å². The Labute approximate surface area is 148 Å². The Balaban J connectivity index is 1.80. The molecule has 0 spiro atoms. The second kappa shape index (κ2) is 8.49. The number of aliphatic hydroxyl groups is 1. The molecule has 2 rings (SSSR count). The van der Waals surface area contributed by atoms with Gasteiger partial charge in [0.2, 0.25) is 0 Å². The third-order valence-electron chi connectivity index (χ3n) is 6.04. The van der Waals surface area contributed by atoms with Gasteiger partial charge in [-0.3, -0.25) is 0 Å². The van der Waals surface area contributed by atoms with Gasteiger partial charge in [-0.05, 0) is 63.0 Å². The van der Waals surface area contributed by atoms with Gasteiger partial charge in [0.05, 0.1) is 5.60 Å². The van der Waals surface area contributed by atoms with Crippen molar-refractivity contribution < 1.29 is 5.11 Å². The molecule has 0 radical (unpaired) electrons. The van der Waals surface area contributed by atoms with Crippen molar-refractivity contribution in [2.45, 2.75) is 102 Å². The molecule has 1 saturated carbocycles. The van der Waals surface area contributed by atoms with E-state index in [1.807, 2.05) is 13.8 Å². The fourth-order valence-corrected chi connectivity index (χ4v) is 3.98. The summed E-state index contributed by atoms with van der Waals surface area (Å²) in [5, 5.41) is 10.3. The van der Waals surface area contributed by atoms with Gasteiger partial charge in [0, 0.05) is 5.54 Å². The largest absolute Gasteiger partial charge is 0.389 e. The highest BCUT2D eigenvalue weighted by Crippen LogP contribution is 2.44. The summed E-state index contributed by atoms with van der Waals surface area (Å²) in [7, 11) is 0. The van der Waals surface area contributed by atoms with Crippen LogP contribution in [0.5, 0.6) is 0 Å². The van der Waals surface area contributed by atoms with E-state index in [1.165, 1.54) is 56.1 Å². The van der Waals surface area contributed by atoms with Crippen molar-refractivity contribution in [1.82, 2.24) is 0 Å². The number of rotatable bonds is 9. The quantitative estimate of drug-likeness (QED) is 0.601. The topological polar surface area (TPSA) is 46.2 Å². The molecule has 136 valence electrons. The minimum atomic E-state index is -0.806. The number of hydrogen-bond donors (Lipinski definition) is 2. The van der Waals surface area contributed by atoms with Crippen LogP contribution in [0.15, 0.2) is 24.3 Å². The lowest BCUT2D eigenvalue weighted by molar-refractivity contribution is -0.000326. The smallest absolute Gasteiger partial charge is 0.0770 e. The lowest BCUT2D eigenvalue weighted by Gasteiger charge is -2.37. The molecule has 2 unspecified atom stereocenters. The molecule has 1 aliphatic rings. The Morgan fingerprint density at radius 2 is 1.71 bits per heavy atom. The summed E-state index contributed by atoms with van der Waals surface area (Å²) in [6.45, 7) is 5.96. The van der Waals surface area contributed by atoms with Crippen molar-refractivity contribution in [3.8, 4) is 0 Å².